The van der Waals surface area contributed by atoms with Crippen molar-refractivity contribution in [2.45, 2.75) is 26.2 Å². The molecule has 0 heterocycles. The largest absolute Gasteiger partial charge is 0.352 e. The van der Waals surface area contributed by atoms with Crippen LogP contribution in [0.5, 0.6) is 0 Å². The van der Waals surface area contributed by atoms with Crippen molar-refractivity contribution in [3.8, 4) is 0 Å². The van der Waals surface area contributed by atoms with E-state index >= 15 is 0 Å². The lowest BCUT2D eigenvalue weighted by molar-refractivity contribution is 0.0954. The summed E-state index contributed by atoms with van der Waals surface area (Å²) in [5.74, 6) is -0.426. The van der Waals surface area contributed by atoms with Crippen LogP contribution >= 0.6 is 0 Å². The molecule has 0 saturated carbocycles. The smallest absolute Gasteiger partial charge is 0.251 e. The lowest BCUT2D eigenvalue weighted by atomic mass is 10.0. The first-order valence-electron chi connectivity index (χ1n) is 6.69. The standard InChI is InChI=1S/C16H18FNO/c1-2-3-6-11-18-16(19)14-9-10-15(17)13-8-5-4-7-12(13)14/h4-5,7-10H,2-3,6,11H2,1H3,(H,18,19). The fourth-order valence-corrected chi connectivity index (χ4v) is 2.13. The first-order valence-corrected chi connectivity index (χ1v) is 6.69. The third-order valence-electron chi connectivity index (χ3n) is 3.18. The number of hydrogen-bond acceptors (Lipinski definition) is 1. The van der Waals surface area contributed by atoms with Crippen molar-refractivity contribution in [3.05, 3.63) is 47.8 Å². The van der Waals surface area contributed by atoms with Gasteiger partial charge in [0.05, 0.1) is 0 Å². The Kier molecular flexibility index (Phi) is 4.50. The number of amides is 1. The number of benzene rings is 2. The average Bonchev–Trinajstić information content (AvgIpc) is 2.44. The van der Waals surface area contributed by atoms with E-state index in [0.29, 0.717) is 22.9 Å². The van der Waals surface area contributed by atoms with E-state index in [1.165, 1.54) is 6.07 Å². The van der Waals surface area contributed by atoms with E-state index in [4.69, 9.17) is 0 Å². The van der Waals surface area contributed by atoms with Crippen molar-refractivity contribution in [2.24, 2.45) is 0 Å². The van der Waals surface area contributed by atoms with E-state index in [1.807, 2.05) is 6.07 Å². The fraction of sp³-hybridized carbons (Fsp3) is 0.312. The normalized spacial score (nSPS) is 10.6. The molecule has 2 aromatic carbocycles. The van der Waals surface area contributed by atoms with Gasteiger partial charge in [0.25, 0.3) is 5.91 Å². The molecule has 0 aromatic heterocycles. The molecule has 0 unspecified atom stereocenters. The number of halogens is 1. The summed E-state index contributed by atoms with van der Waals surface area (Å²) in [6, 6.07) is 9.96. The predicted molar refractivity (Wildman–Crippen MR) is 75.8 cm³/mol. The Labute approximate surface area is 112 Å². The highest BCUT2D eigenvalue weighted by molar-refractivity contribution is 6.07. The molecule has 0 bridgehead atoms. The van der Waals surface area contributed by atoms with Gasteiger partial charge in [0.2, 0.25) is 0 Å². The Morgan fingerprint density at radius 3 is 2.58 bits per heavy atom. The van der Waals surface area contributed by atoms with Crippen LogP contribution in [-0.4, -0.2) is 12.5 Å². The zero-order valence-corrected chi connectivity index (χ0v) is 11.1. The highest BCUT2D eigenvalue weighted by Crippen LogP contribution is 2.21. The van der Waals surface area contributed by atoms with Crippen molar-refractivity contribution in [2.75, 3.05) is 6.54 Å². The number of hydrogen-bond donors (Lipinski definition) is 1. The van der Waals surface area contributed by atoms with Gasteiger partial charge in [0, 0.05) is 17.5 Å². The summed E-state index contributed by atoms with van der Waals surface area (Å²) in [4.78, 5) is 12.1. The number of unbranched alkanes of at least 4 members (excludes halogenated alkanes) is 2. The van der Waals surface area contributed by atoms with Crippen LogP contribution in [0.2, 0.25) is 0 Å². The quantitative estimate of drug-likeness (QED) is 0.811. The number of nitrogens with one attached hydrogen (secondary N) is 1. The van der Waals surface area contributed by atoms with Crippen molar-refractivity contribution in [3.63, 3.8) is 0 Å². The Hall–Kier alpha value is -1.90. The minimum absolute atomic E-state index is 0.132. The van der Waals surface area contributed by atoms with Gasteiger partial charge in [-0.25, -0.2) is 4.39 Å². The van der Waals surface area contributed by atoms with Crippen molar-refractivity contribution >= 4 is 16.7 Å². The summed E-state index contributed by atoms with van der Waals surface area (Å²) in [7, 11) is 0. The second-order valence-electron chi connectivity index (χ2n) is 4.60. The third-order valence-corrected chi connectivity index (χ3v) is 3.18. The van der Waals surface area contributed by atoms with Gasteiger partial charge in [0.1, 0.15) is 5.82 Å². The third kappa shape index (κ3) is 3.11. The lowest BCUT2D eigenvalue weighted by Gasteiger charge is -2.08. The van der Waals surface area contributed by atoms with Gasteiger partial charge < -0.3 is 5.32 Å². The minimum Gasteiger partial charge on any atom is -0.352 e. The Balaban J connectivity index is 2.20. The molecule has 0 radical (unpaired) electrons. The van der Waals surface area contributed by atoms with E-state index < -0.39 is 0 Å². The molecule has 0 spiro atoms. The van der Waals surface area contributed by atoms with Gasteiger partial charge in [-0.2, -0.15) is 0 Å². The van der Waals surface area contributed by atoms with Gasteiger partial charge in [-0.05, 0) is 23.9 Å². The van der Waals surface area contributed by atoms with Crippen LogP contribution in [0.15, 0.2) is 36.4 Å². The molecule has 100 valence electrons. The predicted octanol–water partition coefficient (Wildman–Crippen LogP) is 3.90. The van der Waals surface area contributed by atoms with Crippen molar-refractivity contribution in [1.82, 2.24) is 5.32 Å². The molecule has 2 nitrogen and oxygen atoms in total. The van der Waals surface area contributed by atoms with Crippen LogP contribution in [0.4, 0.5) is 4.39 Å². The summed E-state index contributed by atoms with van der Waals surface area (Å²) in [6.45, 7) is 2.79. The van der Waals surface area contributed by atoms with Gasteiger partial charge >= 0.3 is 0 Å². The molecule has 0 aliphatic rings. The lowest BCUT2D eigenvalue weighted by Crippen LogP contribution is -2.24. The minimum atomic E-state index is -0.293. The van der Waals surface area contributed by atoms with Crippen LogP contribution in [0.25, 0.3) is 10.8 Å². The summed E-state index contributed by atoms with van der Waals surface area (Å²) < 4.78 is 13.7. The fourth-order valence-electron chi connectivity index (χ4n) is 2.13. The summed E-state index contributed by atoms with van der Waals surface area (Å²) in [5, 5.41) is 4.04. The number of carbonyl (C=O) groups excluding carboxylic acids is 1. The topological polar surface area (TPSA) is 29.1 Å². The van der Waals surface area contributed by atoms with E-state index in [0.717, 1.165) is 19.3 Å². The molecule has 0 atom stereocenters. The van der Waals surface area contributed by atoms with Crippen LogP contribution in [0, 0.1) is 5.82 Å². The maximum absolute atomic E-state index is 13.7. The van der Waals surface area contributed by atoms with Gasteiger partial charge in [-0.1, -0.05) is 44.0 Å². The Morgan fingerprint density at radius 1 is 1.11 bits per heavy atom. The van der Waals surface area contributed by atoms with Gasteiger partial charge in [-0.15, -0.1) is 0 Å². The first kappa shape index (κ1) is 13.5. The first-order chi connectivity index (χ1) is 9.24. The summed E-state index contributed by atoms with van der Waals surface area (Å²) >= 11 is 0. The molecule has 3 heteroatoms. The summed E-state index contributed by atoms with van der Waals surface area (Å²) in [5.41, 5.74) is 0.536. The average molecular weight is 259 g/mol. The van der Waals surface area contributed by atoms with Crippen LogP contribution < -0.4 is 5.32 Å². The number of carbonyl (C=O) groups is 1. The molecule has 2 rings (SSSR count). The number of rotatable bonds is 5. The van der Waals surface area contributed by atoms with Gasteiger partial charge in [-0.3, -0.25) is 4.79 Å². The molecule has 0 aliphatic carbocycles. The monoisotopic (exact) mass is 259 g/mol. The second kappa shape index (κ2) is 6.32. The molecule has 19 heavy (non-hydrogen) atoms. The van der Waals surface area contributed by atoms with Crippen molar-refractivity contribution in [1.29, 1.82) is 0 Å². The molecule has 1 N–H and O–H groups in total. The van der Waals surface area contributed by atoms with Crippen molar-refractivity contribution < 1.29 is 9.18 Å². The summed E-state index contributed by atoms with van der Waals surface area (Å²) in [6.07, 6.45) is 3.20. The second-order valence-corrected chi connectivity index (χ2v) is 4.60. The number of fused-ring (bicyclic) bond motifs is 1. The zero-order valence-electron chi connectivity index (χ0n) is 11.1. The van der Waals surface area contributed by atoms with Crippen LogP contribution in [0.3, 0.4) is 0 Å². The maximum Gasteiger partial charge on any atom is 0.251 e. The van der Waals surface area contributed by atoms with E-state index in [9.17, 15) is 9.18 Å². The molecule has 0 aliphatic heterocycles. The maximum atomic E-state index is 13.7. The SMILES string of the molecule is CCCCCNC(=O)c1ccc(F)c2ccccc12. The Bertz CT molecular complexity index is 580. The Morgan fingerprint density at radius 2 is 1.84 bits per heavy atom. The molecule has 2 aromatic rings. The van der Waals surface area contributed by atoms with E-state index in [2.05, 4.69) is 12.2 Å². The van der Waals surface area contributed by atoms with E-state index in [-0.39, 0.29) is 11.7 Å². The molecule has 1 amide bonds. The highest BCUT2D eigenvalue weighted by Gasteiger charge is 2.11. The molecular weight excluding hydrogens is 241 g/mol. The molecule has 0 fully saturated rings. The van der Waals surface area contributed by atoms with Gasteiger partial charge in [0.15, 0.2) is 0 Å². The van der Waals surface area contributed by atoms with Crippen LogP contribution in [-0.2, 0) is 0 Å². The van der Waals surface area contributed by atoms with Crippen LogP contribution in [0.1, 0.15) is 36.5 Å². The molecule has 0 saturated heterocycles. The zero-order chi connectivity index (χ0) is 13.7. The van der Waals surface area contributed by atoms with E-state index in [1.54, 1.807) is 24.3 Å². The molecular formula is C16H18FNO. The highest BCUT2D eigenvalue weighted by atomic mass is 19.1.